The van der Waals surface area contributed by atoms with E-state index in [1.54, 1.807) is 7.11 Å². The lowest BCUT2D eigenvalue weighted by Crippen LogP contribution is -2.49. The molecule has 1 saturated carbocycles. The van der Waals surface area contributed by atoms with Gasteiger partial charge in [0.15, 0.2) is 0 Å². The topological polar surface area (TPSA) is 38.5 Å². The normalized spacial score (nSPS) is 28.6. The molecule has 1 rings (SSSR count). The van der Waals surface area contributed by atoms with Crippen LogP contribution in [0.2, 0.25) is 0 Å². The van der Waals surface area contributed by atoms with E-state index in [-0.39, 0.29) is 0 Å². The van der Waals surface area contributed by atoms with Crippen molar-refractivity contribution in [2.75, 3.05) is 33.9 Å². The number of rotatable bonds is 6. The van der Waals surface area contributed by atoms with E-state index in [2.05, 4.69) is 25.8 Å². The van der Waals surface area contributed by atoms with Crippen LogP contribution in [0.3, 0.4) is 0 Å². The van der Waals surface area contributed by atoms with Crippen LogP contribution in [0.15, 0.2) is 0 Å². The summed E-state index contributed by atoms with van der Waals surface area (Å²) in [6.45, 7) is 7.72. The fourth-order valence-electron chi connectivity index (χ4n) is 2.98. The third kappa shape index (κ3) is 4.57. The molecule has 3 heteroatoms. The predicted molar refractivity (Wildman–Crippen MR) is 73.1 cm³/mol. The summed E-state index contributed by atoms with van der Waals surface area (Å²) in [6.07, 6.45) is 5.01. The van der Waals surface area contributed by atoms with Gasteiger partial charge in [0.2, 0.25) is 0 Å². The number of hydrogen-bond donors (Lipinski definition) is 1. The van der Waals surface area contributed by atoms with E-state index < -0.39 is 0 Å². The molecular weight excluding hydrogens is 212 g/mol. The molecule has 1 aliphatic carbocycles. The molecule has 0 bridgehead atoms. The van der Waals surface area contributed by atoms with Crippen LogP contribution in [-0.2, 0) is 4.74 Å². The number of nitrogens with two attached hydrogens (primary N) is 1. The first kappa shape index (κ1) is 14.9. The maximum absolute atomic E-state index is 6.41. The van der Waals surface area contributed by atoms with Gasteiger partial charge in [0, 0.05) is 32.8 Å². The SMILES string of the molecule is COCCCN(C)CC1CCCC(C)(C)C1N. The third-order valence-electron chi connectivity index (χ3n) is 4.24. The van der Waals surface area contributed by atoms with E-state index in [0.29, 0.717) is 17.4 Å². The molecule has 17 heavy (non-hydrogen) atoms. The van der Waals surface area contributed by atoms with E-state index >= 15 is 0 Å². The minimum atomic E-state index is 0.316. The Kier molecular flexibility index (Phi) is 5.90. The Morgan fingerprint density at radius 1 is 1.41 bits per heavy atom. The van der Waals surface area contributed by atoms with Gasteiger partial charge in [-0.25, -0.2) is 0 Å². The molecule has 0 spiro atoms. The fraction of sp³-hybridized carbons (Fsp3) is 1.00. The van der Waals surface area contributed by atoms with Gasteiger partial charge in [0.05, 0.1) is 0 Å². The van der Waals surface area contributed by atoms with E-state index in [0.717, 1.165) is 26.1 Å². The Hall–Kier alpha value is -0.120. The van der Waals surface area contributed by atoms with Crippen molar-refractivity contribution >= 4 is 0 Å². The standard InChI is InChI=1S/C14H30N2O/c1-14(2)8-5-7-12(13(14)15)11-16(3)9-6-10-17-4/h12-13H,5-11,15H2,1-4H3. The number of hydrogen-bond acceptors (Lipinski definition) is 3. The summed E-state index contributed by atoms with van der Waals surface area (Å²) in [5.74, 6) is 0.659. The first-order valence-corrected chi connectivity index (χ1v) is 6.90. The molecule has 2 N–H and O–H groups in total. The molecule has 0 aromatic heterocycles. The second-order valence-electron chi connectivity index (χ2n) is 6.28. The van der Waals surface area contributed by atoms with Crippen molar-refractivity contribution in [3.8, 4) is 0 Å². The Bertz CT molecular complexity index is 218. The molecule has 0 amide bonds. The molecule has 0 aromatic carbocycles. The number of ether oxygens (including phenoxy) is 1. The van der Waals surface area contributed by atoms with Crippen molar-refractivity contribution in [3.63, 3.8) is 0 Å². The van der Waals surface area contributed by atoms with Gasteiger partial charge >= 0.3 is 0 Å². The van der Waals surface area contributed by atoms with Crippen molar-refractivity contribution in [1.29, 1.82) is 0 Å². The molecule has 1 fully saturated rings. The van der Waals surface area contributed by atoms with Gasteiger partial charge in [-0.3, -0.25) is 0 Å². The second kappa shape index (κ2) is 6.72. The van der Waals surface area contributed by atoms with Crippen molar-refractivity contribution in [2.45, 2.75) is 45.6 Å². The molecular formula is C14H30N2O. The summed E-state index contributed by atoms with van der Waals surface area (Å²) >= 11 is 0. The first-order valence-electron chi connectivity index (χ1n) is 6.90. The molecule has 0 aromatic rings. The van der Waals surface area contributed by atoms with Crippen LogP contribution in [0, 0.1) is 11.3 Å². The van der Waals surface area contributed by atoms with E-state index in [1.807, 2.05) is 0 Å². The van der Waals surface area contributed by atoms with E-state index in [1.165, 1.54) is 19.3 Å². The van der Waals surface area contributed by atoms with Crippen LogP contribution in [0.25, 0.3) is 0 Å². The van der Waals surface area contributed by atoms with Gasteiger partial charge in [0.25, 0.3) is 0 Å². The highest BCUT2D eigenvalue weighted by Gasteiger charge is 2.36. The zero-order valence-corrected chi connectivity index (χ0v) is 12.0. The minimum absolute atomic E-state index is 0.316. The molecule has 0 heterocycles. The Morgan fingerprint density at radius 3 is 2.76 bits per heavy atom. The highest BCUT2D eigenvalue weighted by Crippen LogP contribution is 2.37. The summed E-state index contributed by atoms with van der Waals surface area (Å²) in [5.41, 5.74) is 6.72. The van der Waals surface area contributed by atoms with Gasteiger partial charge in [-0.15, -0.1) is 0 Å². The molecule has 0 aliphatic heterocycles. The average molecular weight is 242 g/mol. The lowest BCUT2D eigenvalue weighted by atomic mass is 9.68. The molecule has 0 saturated heterocycles. The zero-order chi connectivity index (χ0) is 12.9. The Morgan fingerprint density at radius 2 is 2.12 bits per heavy atom. The molecule has 2 atom stereocenters. The molecule has 2 unspecified atom stereocenters. The Balaban J connectivity index is 2.34. The van der Waals surface area contributed by atoms with Gasteiger partial charge in [0.1, 0.15) is 0 Å². The van der Waals surface area contributed by atoms with Gasteiger partial charge in [-0.2, -0.15) is 0 Å². The smallest absolute Gasteiger partial charge is 0.0474 e. The average Bonchev–Trinajstić information content (AvgIpc) is 2.25. The largest absolute Gasteiger partial charge is 0.385 e. The van der Waals surface area contributed by atoms with Crippen molar-refractivity contribution in [1.82, 2.24) is 4.90 Å². The van der Waals surface area contributed by atoms with Crippen LogP contribution in [0.4, 0.5) is 0 Å². The van der Waals surface area contributed by atoms with Gasteiger partial charge < -0.3 is 15.4 Å². The third-order valence-corrected chi connectivity index (χ3v) is 4.24. The lowest BCUT2D eigenvalue weighted by molar-refractivity contribution is 0.106. The quantitative estimate of drug-likeness (QED) is 0.725. The van der Waals surface area contributed by atoms with E-state index in [4.69, 9.17) is 10.5 Å². The minimum Gasteiger partial charge on any atom is -0.385 e. The Labute approximate surface area is 107 Å². The van der Waals surface area contributed by atoms with Crippen LogP contribution in [0.1, 0.15) is 39.5 Å². The second-order valence-corrected chi connectivity index (χ2v) is 6.28. The summed E-state index contributed by atoms with van der Waals surface area (Å²) in [6, 6.07) is 0.348. The summed E-state index contributed by atoms with van der Waals surface area (Å²) in [4.78, 5) is 2.41. The highest BCUT2D eigenvalue weighted by atomic mass is 16.5. The summed E-state index contributed by atoms with van der Waals surface area (Å²) in [7, 11) is 3.96. The summed E-state index contributed by atoms with van der Waals surface area (Å²) in [5, 5.41) is 0. The predicted octanol–water partition coefficient (Wildman–Crippen LogP) is 2.11. The summed E-state index contributed by atoms with van der Waals surface area (Å²) < 4.78 is 5.09. The first-order chi connectivity index (χ1) is 7.97. The van der Waals surface area contributed by atoms with Crippen LogP contribution >= 0.6 is 0 Å². The molecule has 102 valence electrons. The van der Waals surface area contributed by atoms with Crippen LogP contribution < -0.4 is 5.73 Å². The van der Waals surface area contributed by atoms with Crippen LogP contribution in [0.5, 0.6) is 0 Å². The maximum atomic E-state index is 6.41. The number of methoxy groups -OCH3 is 1. The molecule has 0 radical (unpaired) electrons. The fourth-order valence-corrected chi connectivity index (χ4v) is 2.98. The van der Waals surface area contributed by atoms with Crippen molar-refractivity contribution < 1.29 is 4.74 Å². The number of nitrogens with zero attached hydrogens (tertiary/aromatic N) is 1. The van der Waals surface area contributed by atoms with E-state index in [9.17, 15) is 0 Å². The maximum Gasteiger partial charge on any atom is 0.0474 e. The van der Waals surface area contributed by atoms with Crippen molar-refractivity contribution in [3.05, 3.63) is 0 Å². The van der Waals surface area contributed by atoms with Crippen LogP contribution in [-0.4, -0.2) is 44.8 Å². The van der Waals surface area contributed by atoms with Crippen molar-refractivity contribution in [2.24, 2.45) is 17.1 Å². The molecule has 1 aliphatic rings. The van der Waals surface area contributed by atoms with Gasteiger partial charge in [-0.05, 0) is 37.6 Å². The molecule has 3 nitrogen and oxygen atoms in total. The monoisotopic (exact) mass is 242 g/mol. The zero-order valence-electron chi connectivity index (χ0n) is 12.0. The highest BCUT2D eigenvalue weighted by molar-refractivity contribution is 4.92. The lowest BCUT2D eigenvalue weighted by Gasteiger charge is -2.43. The van der Waals surface area contributed by atoms with Gasteiger partial charge in [-0.1, -0.05) is 20.3 Å².